The number of halogens is 1. The second kappa shape index (κ2) is 9.92. The Labute approximate surface area is 234 Å². The van der Waals surface area contributed by atoms with Gasteiger partial charge in [-0.3, -0.25) is 4.79 Å². The van der Waals surface area contributed by atoms with Gasteiger partial charge in [0.1, 0.15) is 29.7 Å². The highest BCUT2D eigenvalue weighted by molar-refractivity contribution is 5.88. The molecule has 3 atom stereocenters. The van der Waals surface area contributed by atoms with Gasteiger partial charge in [0.25, 0.3) is 0 Å². The van der Waals surface area contributed by atoms with Crippen molar-refractivity contribution in [3.8, 4) is 11.5 Å². The number of pyridine rings is 2. The van der Waals surface area contributed by atoms with Crippen LogP contribution < -0.4 is 10.1 Å². The Morgan fingerprint density at radius 2 is 2.02 bits per heavy atom. The molecular formula is C30H27FN8O2. The summed E-state index contributed by atoms with van der Waals surface area (Å²) in [6.45, 7) is 6.09. The average molecular weight is 551 g/mol. The fourth-order valence-corrected chi connectivity index (χ4v) is 6.13. The Bertz CT molecular complexity index is 1820. The van der Waals surface area contributed by atoms with E-state index in [2.05, 4.69) is 31.9 Å². The van der Waals surface area contributed by atoms with Crippen LogP contribution in [0, 0.1) is 18.7 Å². The number of likely N-dealkylation sites (tertiary alicyclic amines) is 1. The van der Waals surface area contributed by atoms with Gasteiger partial charge in [-0.2, -0.15) is 5.10 Å². The van der Waals surface area contributed by atoms with E-state index in [-0.39, 0.29) is 23.6 Å². The molecule has 5 aromatic rings. The molecule has 1 unspecified atom stereocenters. The van der Waals surface area contributed by atoms with E-state index in [0.717, 1.165) is 31.5 Å². The summed E-state index contributed by atoms with van der Waals surface area (Å²) in [5.74, 6) is 1.54. The Balaban J connectivity index is 1.15. The summed E-state index contributed by atoms with van der Waals surface area (Å²) in [5, 5.41) is 7.20. The molecule has 1 N–H and O–H groups in total. The number of hydrogen-bond acceptors (Lipinski definition) is 8. The van der Waals surface area contributed by atoms with Gasteiger partial charge in [0.15, 0.2) is 17.3 Å². The summed E-state index contributed by atoms with van der Waals surface area (Å²) in [6, 6.07) is 10.9. The predicted octanol–water partition coefficient (Wildman–Crippen LogP) is 5.33. The predicted molar refractivity (Wildman–Crippen MR) is 151 cm³/mol. The Kier molecular flexibility index (Phi) is 6.06. The molecule has 1 saturated carbocycles. The van der Waals surface area contributed by atoms with Crippen LogP contribution in [-0.4, -0.2) is 52.9 Å². The maximum absolute atomic E-state index is 15.6. The van der Waals surface area contributed by atoms with E-state index in [9.17, 15) is 4.79 Å². The summed E-state index contributed by atoms with van der Waals surface area (Å²) in [5.41, 5.74) is 3.40. The SMILES string of the molecule is C=CC(=O)N1C[C@@H]2CC(c3ccc4ncnc(Nc5ccc(Oc6ccn7ncnc7c6)c(C)c5F)c4n3)C[C@H]1C2. The van der Waals surface area contributed by atoms with Gasteiger partial charge >= 0.3 is 0 Å². The minimum absolute atomic E-state index is 0.00497. The number of ether oxygens (including phenoxy) is 1. The number of carbonyl (C=O) groups is 1. The number of fused-ring (bicyclic) bond motifs is 4. The molecule has 1 saturated heterocycles. The van der Waals surface area contributed by atoms with Gasteiger partial charge in [-0.15, -0.1) is 0 Å². The van der Waals surface area contributed by atoms with Gasteiger partial charge in [0.2, 0.25) is 5.91 Å². The zero-order chi connectivity index (χ0) is 28.1. The zero-order valence-electron chi connectivity index (χ0n) is 22.4. The van der Waals surface area contributed by atoms with Crippen LogP contribution in [-0.2, 0) is 4.79 Å². The topological polar surface area (TPSA) is 110 Å². The van der Waals surface area contributed by atoms with E-state index in [4.69, 9.17) is 9.72 Å². The van der Waals surface area contributed by atoms with E-state index in [0.29, 0.717) is 45.5 Å². The van der Waals surface area contributed by atoms with Crippen LogP contribution in [0.15, 0.2) is 67.9 Å². The van der Waals surface area contributed by atoms with Crippen LogP contribution in [0.2, 0.25) is 0 Å². The summed E-state index contributed by atoms with van der Waals surface area (Å²) in [7, 11) is 0. The maximum Gasteiger partial charge on any atom is 0.246 e. The first-order valence-electron chi connectivity index (χ1n) is 13.5. The molecule has 1 aliphatic carbocycles. The van der Waals surface area contributed by atoms with Crippen LogP contribution in [0.5, 0.6) is 11.5 Å². The summed E-state index contributed by atoms with van der Waals surface area (Å²) < 4.78 is 23.2. The fourth-order valence-electron chi connectivity index (χ4n) is 6.13. The second-order valence-corrected chi connectivity index (χ2v) is 10.6. The molecule has 7 rings (SSSR count). The van der Waals surface area contributed by atoms with Crippen LogP contribution in [0.1, 0.15) is 36.4 Å². The van der Waals surface area contributed by atoms with Crippen molar-refractivity contribution < 1.29 is 13.9 Å². The summed E-state index contributed by atoms with van der Waals surface area (Å²) in [6.07, 6.45) is 8.86. The lowest BCUT2D eigenvalue weighted by atomic mass is 9.80. The van der Waals surface area contributed by atoms with E-state index in [1.165, 1.54) is 18.7 Å². The van der Waals surface area contributed by atoms with Gasteiger partial charge in [-0.25, -0.2) is 28.8 Å². The van der Waals surface area contributed by atoms with Crippen molar-refractivity contribution in [3.05, 3.63) is 85.0 Å². The van der Waals surface area contributed by atoms with Crippen LogP contribution in [0.25, 0.3) is 16.7 Å². The zero-order valence-corrected chi connectivity index (χ0v) is 22.4. The van der Waals surface area contributed by atoms with Gasteiger partial charge in [0.05, 0.1) is 11.2 Å². The molecule has 41 heavy (non-hydrogen) atoms. The van der Waals surface area contributed by atoms with Crippen molar-refractivity contribution in [2.24, 2.45) is 5.92 Å². The Hall–Kier alpha value is -4.93. The highest BCUT2D eigenvalue weighted by Crippen LogP contribution is 2.43. The molecule has 4 aromatic heterocycles. The van der Waals surface area contributed by atoms with Gasteiger partial charge < -0.3 is 15.0 Å². The smallest absolute Gasteiger partial charge is 0.246 e. The lowest BCUT2D eigenvalue weighted by Gasteiger charge is -2.29. The molecule has 1 amide bonds. The quantitative estimate of drug-likeness (QED) is 0.283. The molecule has 0 spiro atoms. The third kappa shape index (κ3) is 4.52. The van der Waals surface area contributed by atoms with Crippen molar-refractivity contribution in [1.29, 1.82) is 0 Å². The molecular weight excluding hydrogens is 523 g/mol. The molecule has 2 aliphatic rings. The van der Waals surface area contributed by atoms with Crippen LogP contribution >= 0.6 is 0 Å². The minimum Gasteiger partial charge on any atom is -0.457 e. The molecule has 11 heteroatoms. The van der Waals surface area contributed by atoms with E-state index >= 15 is 4.39 Å². The highest BCUT2D eigenvalue weighted by atomic mass is 19.1. The maximum atomic E-state index is 15.6. The highest BCUT2D eigenvalue weighted by Gasteiger charge is 2.41. The molecule has 1 aromatic carbocycles. The van der Waals surface area contributed by atoms with E-state index < -0.39 is 5.82 Å². The second-order valence-electron chi connectivity index (χ2n) is 10.6. The molecule has 10 nitrogen and oxygen atoms in total. The van der Waals surface area contributed by atoms with Gasteiger partial charge in [0, 0.05) is 42.0 Å². The Morgan fingerprint density at radius 1 is 1.12 bits per heavy atom. The van der Waals surface area contributed by atoms with Crippen molar-refractivity contribution in [1.82, 2.24) is 34.4 Å². The largest absolute Gasteiger partial charge is 0.457 e. The first-order chi connectivity index (χ1) is 20.0. The monoisotopic (exact) mass is 550 g/mol. The number of nitrogens with zero attached hydrogens (tertiary/aromatic N) is 7. The van der Waals surface area contributed by atoms with Gasteiger partial charge in [-0.05, 0) is 68.5 Å². The first kappa shape index (κ1) is 25.1. The summed E-state index contributed by atoms with van der Waals surface area (Å²) >= 11 is 0. The van der Waals surface area contributed by atoms with Crippen LogP contribution in [0.3, 0.4) is 0 Å². The number of nitrogens with one attached hydrogen (secondary N) is 1. The number of rotatable bonds is 6. The number of hydrogen-bond donors (Lipinski definition) is 1. The molecule has 0 radical (unpaired) electrons. The normalized spacial score (nSPS) is 20.0. The number of amides is 1. The molecule has 206 valence electrons. The third-order valence-corrected chi connectivity index (χ3v) is 8.12. The Morgan fingerprint density at radius 3 is 2.90 bits per heavy atom. The average Bonchev–Trinajstić information content (AvgIpc) is 3.59. The first-order valence-corrected chi connectivity index (χ1v) is 13.5. The van der Waals surface area contributed by atoms with Crippen molar-refractivity contribution in [3.63, 3.8) is 0 Å². The molecule has 2 bridgehead atoms. The number of anilines is 2. The molecule has 1 aliphatic heterocycles. The van der Waals surface area contributed by atoms with Crippen molar-refractivity contribution in [2.75, 3.05) is 11.9 Å². The molecule has 5 heterocycles. The number of aromatic nitrogens is 6. The van der Waals surface area contributed by atoms with Crippen LogP contribution in [0.4, 0.5) is 15.9 Å². The lowest BCUT2D eigenvalue weighted by molar-refractivity contribution is -0.126. The summed E-state index contributed by atoms with van der Waals surface area (Å²) in [4.78, 5) is 32.2. The van der Waals surface area contributed by atoms with Crippen molar-refractivity contribution >= 4 is 34.1 Å². The number of carbonyl (C=O) groups excluding carboxylic acids is 1. The van der Waals surface area contributed by atoms with Gasteiger partial charge in [-0.1, -0.05) is 6.58 Å². The third-order valence-electron chi connectivity index (χ3n) is 8.12. The number of benzene rings is 1. The van der Waals surface area contributed by atoms with E-state index in [1.807, 2.05) is 17.0 Å². The fraction of sp³-hybridized carbons (Fsp3) is 0.267. The van der Waals surface area contributed by atoms with E-state index in [1.54, 1.807) is 41.9 Å². The van der Waals surface area contributed by atoms with Crippen molar-refractivity contribution in [2.45, 2.75) is 38.1 Å². The standard InChI is InChI=1S/C30H27FN8O2/c1-3-27(40)38-14-18-10-19(12-20(38)11-18)22-4-5-24-29(36-22)30(34-15-32-24)37-23-6-7-25(17(2)28(23)31)41-21-8-9-39-26(13-21)33-16-35-39/h3-9,13,15-16,18-20H,1,10-12,14H2,2H3,(H,32,34,37)/t18-,19?,20-/m1/s1. The molecule has 2 fully saturated rings. The minimum atomic E-state index is -0.454. The lowest BCUT2D eigenvalue weighted by Crippen LogP contribution is -2.34.